The summed E-state index contributed by atoms with van der Waals surface area (Å²) in [6.07, 6.45) is 4.33. The number of carbonyl (C=O) groups is 10. The molecule has 21 N–H and O–H groups in total. The number of nitrogens with one attached hydrogen (secondary N) is 13. The number of benzene rings is 7. The molecule has 3 aliphatic heterocycles. The standard InChI is InChI=1S/C85H96N16O14/c86-37-14-11-29-63-75(105)95-64(30-12-15-38-87)78(108)98-67(41-49-19-3-1-4-20-49)79(109)101-70(44-52-48-93-62-28-10-8-24-56(52)62)82(112)99-68(42-50-21-5-2-6-22-50)80(110)100-69(43-51-47-92-61-27-9-7-23-55(51)61)81(111)97-65(76(106)96-66(77(107)94-63)32-18-40-91-84(88)89)31-13-16-39-90-74(104)57-25-17-26-60-73(57)83(113)115-85(60)58-35-33-53(102)45-71(58)114-72-46-54(103)34-36-59(72)85/h1-10,17,19-28,33-36,45-48,63-70,92-93,102-103H,11-16,18,29-32,37-44,86-87H2,(H,90,104)(H,94,107)(H,95,105)(H,96,106)(H,97,111)(H,98,108)(H,99,112)(H,100,110)(H,101,109)(H4,88,89,91)/t63-,64-,65-,66-,67+,68-,69-,70-/m0/s1. The summed E-state index contributed by atoms with van der Waals surface area (Å²) in [5, 5.41) is 59.1. The Hall–Kier alpha value is -13.1. The van der Waals surface area contributed by atoms with E-state index in [1.54, 1.807) is 103 Å². The van der Waals surface area contributed by atoms with Gasteiger partial charge in [0.15, 0.2) is 11.6 Å². The van der Waals surface area contributed by atoms with Crippen molar-refractivity contribution in [3.63, 3.8) is 0 Å². The molecule has 30 nitrogen and oxygen atoms in total. The molecule has 9 amide bonds. The number of guanidine groups is 1. The van der Waals surface area contributed by atoms with Crippen LogP contribution < -0.4 is 75.1 Å². The number of nitrogens with two attached hydrogens (primary N) is 3. The lowest BCUT2D eigenvalue weighted by atomic mass is 9.77. The van der Waals surface area contributed by atoms with Crippen LogP contribution in [0.1, 0.15) is 130 Å². The molecule has 3 aliphatic rings. The van der Waals surface area contributed by atoms with E-state index in [1.807, 2.05) is 42.5 Å². The zero-order valence-electron chi connectivity index (χ0n) is 63.3. The van der Waals surface area contributed by atoms with Gasteiger partial charge in [0.2, 0.25) is 47.3 Å². The third kappa shape index (κ3) is 19.9. The number of hydrogen-bond donors (Lipinski definition) is 18. The van der Waals surface area contributed by atoms with E-state index in [1.165, 1.54) is 30.3 Å². The second kappa shape index (κ2) is 38.0. The van der Waals surface area contributed by atoms with E-state index in [9.17, 15) is 19.8 Å². The smallest absolute Gasteiger partial charge is 0.340 e. The maximum Gasteiger partial charge on any atom is 0.340 e. The third-order valence-corrected chi connectivity index (χ3v) is 21.0. The fourth-order valence-corrected chi connectivity index (χ4v) is 15.1. The number of hydrogen-bond acceptors (Lipinski definition) is 17. The van der Waals surface area contributed by atoms with Gasteiger partial charge < -0.3 is 100 Å². The largest absolute Gasteiger partial charge is 0.508 e. The summed E-state index contributed by atoms with van der Waals surface area (Å²) < 4.78 is 12.4. The van der Waals surface area contributed by atoms with Gasteiger partial charge in [-0.15, -0.1) is 0 Å². The molecule has 1 fully saturated rings. The molecule has 1 spiro atoms. The van der Waals surface area contributed by atoms with E-state index in [4.69, 9.17) is 32.1 Å². The number of rotatable bonds is 26. The zero-order valence-corrected chi connectivity index (χ0v) is 63.3. The predicted octanol–water partition coefficient (Wildman–Crippen LogP) is 4.91. The molecule has 0 saturated carbocycles. The van der Waals surface area contributed by atoms with Crippen LogP contribution in [0.15, 0.2) is 176 Å². The first-order chi connectivity index (χ1) is 55.7. The maximum atomic E-state index is 15.8. The van der Waals surface area contributed by atoms with Crippen LogP contribution in [-0.2, 0) is 74.4 Å². The van der Waals surface area contributed by atoms with Crippen molar-refractivity contribution >= 4 is 86.9 Å². The molecule has 0 aliphatic carbocycles. The highest BCUT2D eigenvalue weighted by Gasteiger charge is 2.55. The number of ether oxygens (including phenoxy) is 2. The lowest BCUT2D eigenvalue weighted by Gasteiger charge is -2.36. The number of esters is 1. The van der Waals surface area contributed by atoms with Gasteiger partial charge in [0, 0.05) is 102 Å². The van der Waals surface area contributed by atoms with Crippen molar-refractivity contribution in [2.75, 3.05) is 26.2 Å². The summed E-state index contributed by atoms with van der Waals surface area (Å²) in [5.74, 6) is -8.54. The summed E-state index contributed by atoms with van der Waals surface area (Å²) in [6, 6.07) is 34.0. The van der Waals surface area contributed by atoms with Crippen molar-refractivity contribution in [3.05, 3.63) is 226 Å². The molecule has 5 heterocycles. The number of aromatic amines is 2. The number of amides is 9. The fraction of sp³-hybridized carbons (Fsp3) is 0.329. The van der Waals surface area contributed by atoms with E-state index < -0.39 is 113 Å². The topological polar surface area (TPSA) is 483 Å². The number of phenolic OH excluding ortho intramolecular Hbond substituents is 2. The van der Waals surface area contributed by atoms with Gasteiger partial charge >= 0.3 is 5.97 Å². The first-order valence-electron chi connectivity index (χ1n) is 38.8. The molecule has 12 rings (SSSR count). The highest BCUT2D eigenvalue weighted by molar-refractivity contribution is 6.09. The number of H-pyrrole nitrogens is 2. The molecule has 600 valence electrons. The van der Waals surface area contributed by atoms with Gasteiger partial charge in [-0.3, -0.25) is 48.6 Å². The van der Waals surface area contributed by atoms with Gasteiger partial charge in [0.05, 0.1) is 11.1 Å². The van der Waals surface area contributed by atoms with Gasteiger partial charge in [-0.25, -0.2) is 4.79 Å². The van der Waals surface area contributed by atoms with Crippen LogP contribution in [0, 0.1) is 5.41 Å². The highest BCUT2D eigenvalue weighted by atomic mass is 16.6. The fourth-order valence-electron chi connectivity index (χ4n) is 15.1. The van der Waals surface area contributed by atoms with Crippen molar-refractivity contribution in [1.82, 2.24) is 63.1 Å². The second-order valence-corrected chi connectivity index (χ2v) is 29.1. The average Bonchev–Trinajstić information content (AvgIpc) is 1.57. The molecule has 7 aromatic carbocycles. The Balaban J connectivity index is 0.899. The van der Waals surface area contributed by atoms with E-state index in [2.05, 4.69) is 63.1 Å². The minimum absolute atomic E-state index is 0.00329. The molecule has 0 radical (unpaired) electrons. The third-order valence-electron chi connectivity index (χ3n) is 21.0. The highest BCUT2D eigenvalue weighted by Crippen LogP contribution is 2.57. The molecule has 0 bridgehead atoms. The molecule has 9 aromatic rings. The number of carbonyl (C=O) groups excluding carboxylic acids is 10. The van der Waals surface area contributed by atoms with Gasteiger partial charge in [0.1, 0.15) is 71.3 Å². The van der Waals surface area contributed by atoms with E-state index in [0.29, 0.717) is 70.0 Å². The van der Waals surface area contributed by atoms with E-state index in [-0.39, 0.29) is 142 Å². The first-order valence-corrected chi connectivity index (χ1v) is 38.8. The van der Waals surface area contributed by atoms with Gasteiger partial charge in [-0.05, 0) is 148 Å². The van der Waals surface area contributed by atoms with Crippen LogP contribution in [0.2, 0.25) is 0 Å². The molecule has 115 heavy (non-hydrogen) atoms. The molecular weight excluding hydrogens is 1470 g/mol. The van der Waals surface area contributed by atoms with Crippen LogP contribution in [0.4, 0.5) is 0 Å². The van der Waals surface area contributed by atoms with Crippen LogP contribution in [-0.4, -0.2) is 160 Å². The van der Waals surface area contributed by atoms with Gasteiger partial charge in [-0.1, -0.05) is 109 Å². The molecule has 2 aromatic heterocycles. The molecule has 0 unspecified atom stereocenters. The van der Waals surface area contributed by atoms with Crippen LogP contribution >= 0.6 is 0 Å². The van der Waals surface area contributed by atoms with Gasteiger partial charge in [0.25, 0.3) is 5.91 Å². The van der Waals surface area contributed by atoms with Crippen molar-refractivity contribution in [2.45, 2.75) is 150 Å². The molecule has 8 atom stereocenters. The number of para-hydroxylation sites is 2. The molecule has 30 heteroatoms. The average molecular weight is 1570 g/mol. The van der Waals surface area contributed by atoms with Gasteiger partial charge in [-0.2, -0.15) is 0 Å². The quantitative estimate of drug-likeness (QED) is 0.0148. The van der Waals surface area contributed by atoms with Crippen molar-refractivity contribution in [1.29, 1.82) is 5.41 Å². The van der Waals surface area contributed by atoms with Crippen LogP contribution in [0.25, 0.3) is 21.8 Å². The summed E-state index contributed by atoms with van der Waals surface area (Å²) in [7, 11) is 0. The Kier molecular flexibility index (Phi) is 26.9. The zero-order chi connectivity index (χ0) is 81.1. The monoisotopic (exact) mass is 1560 g/mol. The lowest BCUT2D eigenvalue weighted by molar-refractivity contribution is -0.136. The van der Waals surface area contributed by atoms with E-state index in [0.717, 1.165) is 10.9 Å². The minimum Gasteiger partial charge on any atom is -0.508 e. The molecular formula is C85H96N16O14. The summed E-state index contributed by atoms with van der Waals surface area (Å²) >= 11 is 0. The number of aromatic hydroxyl groups is 2. The summed E-state index contributed by atoms with van der Waals surface area (Å²) in [6.45, 7) is 0.452. The lowest BCUT2D eigenvalue weighted by Crippen LogP contribution is -2.62. The van der Waals surface area contributed by atoms with Crippen molar-refractivity contribution in [3.8, 4) is 23.0 Å². The molecule has 1 saturated heterocycles. The Morgan fingerprint density at radius 2 is 0.800 bits per heavy atom. The van der Waals surface area contributed by atoms with Crippen LogP contribution in [0.5, 0.6) is 23.0 Å². The Labute approximate surface area is 662 Å². The Bertz CT molecular complexity index is 5000. The Morgan fingerprint density at radius 3 is 1.23 bits per heavy atom. The SMILES string of the molecule is N=C(N)NCCC[C@@H]1NC(=O)[C@H](CCCCNC(=O)c2cccc3c2C(=O)OC32c3ccc(O)cc3Oc3cc(O)ccc32)NC(=O)[C@H](Cc2c[nH]c3ccccc23)NC(=O)[C@H](Cc2ccccc2)NC(=O)[C@H](Cc2c[nH]c3ccccc23)NC(=O)[C@@H](Cc2ccccc2)NC(=O)[C@H](CCCCN)NC(=O)[C@H](CCCCN)NC1=O. The summed E-state index contributed by atoms with van der Waals surface area (Å²) in [5.41, 5.74) is 20.7. The second-order valence-electron chi connectivity index (χ2n) is 29.1. The number of phenols is 2. The maximum absolute atomic E-state index is 15.8. The van der Waals surface area contributed by atoms with Crippen molar-refractivity contribution in [2.24, 2.45) is 17.2 Å². The van der Waals surface area contributed by atoms with E-state index >= 15 is 38.4 Å². The minimum atomic E-state index is -1.67. The number of aromatic nitrogens is 2. The normalized spacial score (nSPS) is 20.1. The van der Waals surface area contributed by atoms with Crippen LogP contribution in [0.3, 0.4) is 0 Å². The van der Waals surface area contributed by atoms with Crippen molar-refractivity contribution < 1.29 is 67.6 Å². The predicted molar refractivity (Wildman–Crippen MR) is 429 cm³/mol. The first kappa shape index (κ1) is 81.4. The number of unbranched alkanes of at least 4 members (excludes halogenated alkanes) is 3. The Morgan fingerprint density at radius 1 is 0.417 bits per heavy atom. The summed E-state index contributed by atoms with van der Waals surface area (Å²) in [4.78, 5) is 159. The number of fused-ring (bicyclic) bond motifs is 8.